The van der Waals surface area contributed by atoms with Crippen LogP contribution in [0.4, 0.5) is 0 Å². The summed E-state index contributed by atoms with van der Waals surface area (Å²) in [5.41, 5.74) is 7.64. The molecular formula is C18H25NO. The molecule has 2 nitrogen and oxygen atoms in total. The first kappa shape index (κ1) is 15.1. The van der Waals surface area contributed by atoms with Gasteiger partial charge < -0.3 is 10.5 Å². The average Bonchev–Trinajstić information content (AvgIpc) is 2.47. The highest BCUT2D eigenvalue weighted by molar-refractivity contribution is 5.41. The van der Waals surface area contributed by atoms with Gasteiger partial charge in [-0.2, -0.15) is 0 Å². The summed E-state index contributed by atoms with van der Waals surface area (Å²) in [6, 6.07) is 8.18. The maximum absolute atomic E-state index is 6.11. The lowest BCUT2D eigenvalue weighted by Crippen LogP contribution is -2.26. The van der Waals surface area contributed by atoms with Crippen molar-refractivity contribution in [3.8, 4) is 11.8 Å². The Kier molecular flexibility index (Phi) is 5.64. The Hall–Kier alpha value is -1.30. The summed E-state index contributed by atoms with van der Waals surface area (Å²) in [5, 5.41) is 0. The molecule has 0 radical (unpaired) electrons. The highest BCUT2D eigenvalue weighted by Crippen LogP contribution is 2.31. The molecule has 2 rings (SSSR count). The van der Waals surface area contributed by atoms with E-state index in [0.717, 1.165) is 17.4 Å². The normalized spacial score (nSPS) is 25.9. The summed E-state index contributed by atoms with van der Waals surface area (Å²) < 4.78 is 6.11. The van der Waals surface area contributed by atoms with E-state index >= 15 is 0 Å². The molecule has 0 amide bonds. The molecule has 1 saturated carbocycles. The van der Waals surface area contributed by atoms with Crippen LogP contribution in [-0.2, 0) is 11.3 Å². The van der Waals surface area contributed by atoms with Crippen molar-refractivity contribution in [2.45, 2.75) is 45.8 Å². The predicted molar refractivity (Wildman–Crippen MR) is 83.1 cm³/mol. The van der Waals surface area contributed by atoms with Crippen molar-refractivity contribution >= 4 is 0 Å². The van der Waals surface area contributed by atoms with E-state index in [0.29, 0.717) is 19.3 Å². The zero-order chi connectivity index (χ0) is 14.4. The van der Waals surface area contributed by atoms with Crippen LogP contribution in [-0.4, -0.2) is 12.6 Å². The largest absolute Gasteiger partial charge is 0.373 e. The second-order valence-corrected chi connectivity index (χ2v) is 5.86. The summed E-state index contributed by atoms with van der Waals surface area (Å²) in [7, 11) is 0. The van der Waals surface area contributed by atoms with Gasteiger partial charge in [-0.1, -0.05) is 43.9 Å². The van der Waals surface area contributed by atoms with Crippen molar-refractivity contribution in [1.82, 2.24) is 0 Å². The van der Waals surface area contributed by atoms with Crippen molar-refractivity contribution in [2.75, 3.05) is 6.54 Å². The number of ether oxygens (including phenoxy) is 1. The molecule has 2 heteroatoms. The number of rotatable bonds is 3. The van der Waals surface area contributed by atoms with Gasteiger partial charge in [-0.25, -0.2) is 0 Å². The molecule has 1 aromatic rings. The van der Waals surface area contributed by atoms with Crippen LogP contribution in [0.3, 0.4) is 0 Å². The molecule has 2 N–H and O–H groups in total. The van der Waals surface area contributed by atoms with E-state index in [-0.39, 0.29) is 0 Å². The maximum atomic E-state index is 6.11. The third kappa shape index (κ3) is 4.10. The quantitative estimate of drug-likeness (QED) is 0.856. The maximum Gasteiger partial charge on any atom is 0.0732 e. The lowest BCUT2D eigenvalue weighted by molar-refractivity contribution is -0.00752. The molecule has 3 atom stereocenters. The third-order valence-electron chi connectivity index (χ3n) is 4.37. The van der Waals surface area contributed by atoms with E-state index in [1.165, 1.54) is 24.8 Å². The van der Waals surface area contributed by atoms with Crippen LogP contribution in [0.15, 0.2) is 24.3 Å². The number of hydrogen-bond donors (Lipinski definition) is 1. The van der Waals surface area contributed by atoms with Crippen molar-refractivity contribution in [3.63, 3.8) is 0 Å². The highest BCUT2D eigenvalue weighted by Gasteiger charge is 2.24. The van der Waals surface area contributed by atoms with Gasteiger partial charge in [0.15, 0.2) is 0 Å². The van der Waals surface area contributed by atoms with Gasteiger partial charge >= 0.3 is 0 Å². The fraction of sp³-hybridized carbons (Fsp3) is 0.556. The fourth-order valence-electron chi connectivity index (χ4n) is 2.77. The van der Waals surface area contributed by atoms with E-state index < -0.39 is 0 Å². The first-order valence-corrected chi connectivity index (χ1v) is 7.59. The molecule has 1 fully saturated rings. The first-order valence-electron chi connectivity index (χ1n) is 7.59. The Morgan fingerprint density at radius 1 is 1.20 bits per heavy atom. The van der Waals surface area contributed by atoms with Crippen LogP contribution in [0.5, 0.6) is 0 Å². The van der Waals surface area contributed by atoms with Crippen LogP contribution in [0.1, 0.15) is 44.2 Å². The topological polar surface area (TPSA) is 35.2 Å². The summed E-state index contributed by atoms with van der Waals surface area (Å²) in [6.45, 7) is 5.73. The Morgan fingerprint density at radius 2 is 2.00 bits per heavy atom. The van der Waals surface area contributed by atoms with E-state index in [4.69, 9.17) is 10.5 Å². The van der Waals surface area contributed by atoms with Gasteiger partial charge in [0, 0.05) is 5.56 Å². The molecular weight excluding hydrogens is 246 g/mol. The molecule has 108 valence electrons. The lowest BCUT2D eigenvalue weighted by Gasteiger charge is -2.32. The zero-order valence-electron chi connectivity index (χ0n) is 12.6. The van der Waals surface area contributed by atoms with E-state index in [1.54, 1.807) is 0 Å². The van der Waals surface area contributed by atoms with E-state index in [9.17, 15) is 0 Å². The average molecular weight is 271 g/mol. The number of nitrogens with two attached hydrogens (primary N) is 1. The minimum atomic E-state index is 0.396. The Bertz CT molecular complexity index is 486. The second kappa shape index (κ2) is 7.47. The van der Waals surface area contributed by atoms with Crippen molar-refractivity contribution < 1.29 is 4.74 Å². The van der Waals surface area contributed by atoms with Crippen LogP contribution < -0.4 is 5.73 Å². The van der Waals surface area contributed by atoms with Gasteiger partial charge in [-0.3, -0.25) is 0 Å². The molecule has 0 aliphatic heterocycles. The molecule has 3 unspecified atom stereocenters. The van der Waals surface area contributed by atoms with Gasteiger partial charge in [0.1, 0.15) is 0 Å². The van der Waals surface area contributed by atoms with Crippen molar-refractivity contribution in [1.29, 1.82) is 0 Å². The number of benzene rings is 1. The summed E-state index contributed by atoms with van der Waals surface area (Å²) in [5.74, 6) is 7.64. The summed E-state index contributed by atoms with van der Waals surface area (Å²) >= 11 is 0. The van der Waals surface area contributed by atoms with Crippen LogP contribution in [0.25, 0.3) is 0 Å². The standard InChI is InChI=1S/C18H25NO/c1-14-9-10-18(12-15(14)2)20-13-17-7-4-3-6-16(17)8-5-11-19/h3-4,6-7,14-15,18H,9-13,19H2,1-2H3. The van der Waals surface area contributed by atoms with Crippen LogP contribution in [0, 0.1) is 23.7 Å². The molecule has 0 aromatic heterocycles. The Balaban J connectivity index is 1.94. The molecule has 0 spiro atoms. The van der Waals surface area contributed by atoms with Gasteiger partial charge in [0.25, 0.3) is 0 Å². The third-order valence-corrected chi connectivity index (χ3v) is 4.37. The molecule has 20 heavy (non-hydrogen) atoms. The van der Waals surface area contributed by atoms with Gasteiger partial charge in [0.05, 0.1) is 19.3 Å². The van der Waals surface area contributed by atoms with Crippen molar-refractivity contribution in [3.05, 3.63) is 35.4 Å². The zero-order valence-corrected chi connectivity index (χ0v) is 12.6. The van der Waals surface area contributed by atoms with Crippen LogP contribution >= 0.6 is 0 Å². The fourth-order valence-corrected chi connectivity index (χ4v) is 2.77. The summed E-state index contributed by atoms with van der Waals surface area (Å²) in [4.78, 5) is 0. The lowest BCUT2D eigenvalue weighted by atomic mass is 9.80. The second-order valence-electron chi connectivity index (χ2n) is 5.86. The van der Waals surface area contributed by atoms with E-state index in [2.05, 4.69) is 31.8 Å². The predicted octanol–water partition coefficient (Wildman–Crippen LogP) is 3.34. The molecule has 0 saturated heterocycles. The van der Waals surface area contributed by atoms with E-state index in [1.807, 2.05) is 18.2 Å². The SMILES string of the molecule is CC1CCC(OCc2ccccc2C#CCN)CC1C. The van der Waals surface area contributed by atoms with Gasteiger partial charge in [-0.15, -0.1) is 0 Å². The van der Waals surface area contributed by atoms with Crippen LogP contribution in [0.2, 0.25) is 0 Å². The summed E-state index contributed by atoms with van der Waals surface area (Å²) in [6.07, 6.45) is 4.04. The number of hydrogen-bond acceptors (Lipinski definition) is 2. The molecule has 1 aliphatic rings. The van der Waals surface area contributed by atoms with Gasteiger partial charge in [0.2, 0.25) is 0 Å². The molecule has 1 aromatic carbocycles. The molecule has 0 bridgehead atoms. The smallest absolute Gasteiger partial charge is 0.0732 e. The first-order chi connectivity index (χ1) is 9.70. The minimum absolute atomic E-state index is 0.396. The monoisotopic (exact) mass is 271 g/mol. The molecule has 1 aliphatic carbocycles. The highest BCUT2D eigenvalue weighted by atomic mass is 16.5. The van der Waals surface area contributed by atoms with Crippen molar-refractivity contribution in [2.24, 2.45) is 17.6 Å². The van der Waals surface area contributed by atoms with Gasteiger partial charge in [-0.05, 0) is 42.7 Å². The Labute approximate surface area is 122 Å². The Morgan fingerprint density at radius 3 is 2.75 bits per heavy atom. The molecule has 0 heterocycles. The minimum Gasteiger partial charge on any atom is -0.373 e.